The molecule has 8 nitrogen and oxygen atoms in total. The van der Waals surface area contributed by atoms with Crippen LogP contribution in [0.1, 0.15) is 31.3 Å². The van der Waals surface area contributed by atoms with E-state index in [4.69, 9.17) is 37.9 Å². The van der Waals surface area contributed by atoms with Crippen molar-refractivity contribution >= 4 is 51.2 Å². The summed E-state index contributed by atoms with van der Waals surface area (Å²) in [5.41, 5.74) is 5.70. The summed E-state index contributed by atoms with van der Waals surface area (Å²) in [6.07, 6.45) is -0.0309. The van der Waals surface area contributed by atoms with Crippen molar-refractivity contribution in [3.8, 4) is 0 Å². The van der Waals surface area contributed by atoms with Gasteiger partial charge in [0.1, 0.15) is 17.6 Å². The molecule has 12 heteroatoms. The summed E-state index contributed by atoms with van der Waals surface area (Å²) in [5, 5.41) is 1.52. The first-order valence-corrected chi connectivity index (χ1v) is 11.3. The van der Waals surface area contributed by atoms with Crippen LogP contribution in [0.2, 0.25) is 10.0 Å². The Hall–Kier alpha value is -1.46. The Morgan fingerprint density at radius 1 is 1.29 bits per heavy atom. The van der Waals surface area contributed by atoms with E-state index in [0.29, 0.717) is 26.6 Å². The number of amides is 1. The van der Waals surface area contributed by atoms with Gasteiger partial charge in [-0.05, 0) is 24.1 Å². The molecule has 28 heavy (non-hydrogen) atoms. The average Bonchev–Trinajstić information content (AvgIpc) is 2.87. The van der Waals surface area contributed by atoms with E-state index in [1.807, 2.05) is 13.8 Å². The number of halogens is 2. The van der Waals surface area contributed by atoms with Crippen molar-refractivity contribution in [2.45, 2.75) is 43.0 Å². The SMILES string of the molecule is CC(C)c1nc(COC(N)=O)n(COS(C)(=O)=O)c1Sc1cc(Cl)cc(Cl)c1. The molecule has 0 fully saturated rings. The maximum atomic E-state index is 11.5. The molecule has 0 aliphatic rings. The molecule has 0 saturated carbocycles. The van der Waals surface area contributed by atoms with Crippen molar-refractivity contribution in [1.29, 1.82) is 0 Å². The lowest BCUT2D eigenvalue weighted by Crippen LogP contribution is -2.17. The summed E-state index contributed by atoms with van der Waals surface area (Å²) in [6, 6.07) is 5.04. The Labute approximate surface area is 177 Å². The number of nitrogens with two attached hydrogens (primary N) is 1. The lowest BCUT2D eigenvalue weighted by atomic mass is 10.2. The molecule has 0 spiro atoms. The molecular formula is C16H19Cl2N3O5S2. The number of ether oxygens (including phenoxy) is 1. The summed E-state index contributed by atoms with van der Waals surface area (Å²) >= 11 is 13.4. The molecule has 0 aliphatic carbocycles. The molecule has 0 atom stereocenters. The van der Waals surface area contributed by atoms with Gasteiger partial charge >= 0.3 is 6.09 Å². The Bertz CT molecular complexity index is 957. The van der Waals surface area contributed by atoms with E-state index >= 15 is 0 Å². The zero-order chi connectivity index (χ0) is 21.1. The van der Waals surface area contributed by atoms with E-state index < -0.39 is 16.2 Å². The molecule has 0 unspecified atom stereocenters. The van der Waals surface area contributed by atoms with Gasteiger partial charge in [-0.3, -0.25) is 4.57 Å². The number of hydrogen-bond donors (Lipinski definition) is 1. The molecule has 1 heterocycles. The minimum Gasteiger partial charge on any atom is -0.442 e. The molecule has 1 amide bonds. The van der Waals surface area contributed by atoms with Gasteiger partial charge in [-0.25, -0.2) is 14.0 Å². The highest BCUT2D eigenvalue weighted by molar-refractivity contribution is 7.99. The molecule has 2 N–H and O–H groups in total. The minimum absolute atomic E-state index is 0.0102. The van der Waals surface area contributed by atoms with Gasteiger partial charge in [0, 0.05) is 14.9 Å². The summed E-state index contributed by atoms with van der Waals surface area (Å²) in [7, 11) is -3.72. The average molecular weight is 468 g/mol. The fourth-order valence-electron chi connectivity index (χ4n) is 2.21. The van der Waals surface area contributed by atoms with Crippen molar-refractivity contribution in [3.63, 3.8) is 0 Å². The Balaban J connectivity index is 2.52. The molecule has 0 saturated heterocycles. The molecule has 0 bridgehead atoms. The Kier molecular flexibility index (Phi) is 7.63. The van der Waals surface area contributed by atoms with E-state index in [0.717, 1.165) is 11.2 Å². The summed E-state index contributed by atoms with van der Waals surface area (Å²) < 4.78 is 34.2. The van der Waals surface area contributed by atoms with Crippen LogP contribution in [0.3, 0.4) is 0 Å². The second-order valence-electron chi connectivity index (χ2n) is 6.07. The van der Waals surface area contributed by atoms with E-state index in [-0.39, 0.29) is 19.3 Å². The van der Waals surface area contributed by atoms with Crippen LogP contribution in [0.5, 0.6) is 0 Å². The minimum atomic E-state index is -3.72. The van der Waals surface area contributed by atoms with E-state index in [2.05, 4.69) is 4.98 Å². The van der Waals surface area contributed by atoms with Crippen LogP contribution in [0.15, 0.2) is 28.1 Å². The number of hydrogen-bond acceptors (Lipinski definition) is 7. The smallest absolute Gasteiger partial charge is 0.404 e. The molecule has 0 radical (unpaired) electrons. The normalized spacial score (nSPS) is 11.8. The number of carbonyl (C=O) groups is 1. The van der Waals surface area contributed by atoms with Crippen LogP contribution < -0.4 is 5.73 Å². The lowest BCUT2D eigenvalue weighted by molar-refractivity contribution is 0.140. The molecular weight excluding hydrogens is 449 g/mol. The standard InChI is InChI=1S/C16H19Cl2N3O5S2/c1-9(2)14-15(27-12-5-10(17)4-11(18)6-12)21(8-26-28(3,23)24)13(20-14)7-25-16(19)22/h4-6,9H,7-8H2,1-3H3,(H2,19,22). The van der Waals surface area contributed by atoms with Gasteiger partial charge < -0.3 is 10.5 Å². The first kappa shape index (κ1) is 22.8. The van der Waals surface area contributed by atoms with Crippen LogP contribution in [0, 0.1) is 0 Å². The van der Waals surface area contributed by atoms with Gasteiger partial charge in [0.15, 0.2) is 6.61 Å². The van der Waals surface area contributed by atoms with E-state index in [1.54, 1.807) is 18.2 Å². The van der Waals surface area contributed by atoms with Crippen LogP contribution in [-0.2, 0) is 32.4 Å². The third-order valence-corrected chi connectivity index (χ3v) is 5.43. The molecule has 1 aromatic carbocycles. The van der Waals surface area contributed by atoms with Gasteiger partial charge in [-0.1, -0.05) is 48.8 Å². The van der Waals surface area contributed by atoms with Gasteiger partial charge in [-0.15, -0.1) is 0 Å². The zero-order valence-corrected chi connectivity index (χ0v) is 18.5. The highest BCUT2D eigenvalue weighted by Crippen LogP contribution is 2.37. The fourth-order valence-corrected chi connectivity index (χ4v) is 4.41. The maximum Gasteiger partial charge on any atom is 0.404 e. The number of aromatic nitrogens is 2. The molecule has 2 aromatic rings. The highest BCUT2D eigenvalue weighted by Gasteiger charge is 2.22. The van der Waals surface area contributed by atoms with Crippen LogP contribution in [0.4, 0.5) is 4.79 Å². The molecule has 1 aromatic heterocycles. The topological polar surface area (TPSA) is 114 Å². The van der Waals surface area contributed by atoms with Gasteiger partial charge in [-0.2, -0.15) is 8.42 Å². The lowest BCUT2D eigenvalue weighted by Gasteiger charge is -2.13. The van der Waals surface area contributed by atoms with E-state index in [1.165, 1.54) is 16.3 Å². The Morgan fingerprint density at radius 3 is 2.39 bits per heavy atom. The molecule has 154 valence electrons. The number of benzene rings is 1. The zero-order valence-electron chi connectivity index (χ0n) is 15.3. The van der Waals surface area contributed by atoms with Crippen LogP contribution >= 0.6 is 35.0 Å². The largest absolute Gasteiger partial charge is 0.442 e. The predicted octanol–water partition coefficient (Wildman–Crippen LogP) is 3.99. The Morgan fingerprint density at radius 2 is 1.89 bits per heavy atom. The van der Waals surface area contributed by atoms with Crippen LogP contribution in [0.25, 0.3) is 0 Å². The highest BCUT2D eigenvalue weighted by atomic mass is 35.5. The summed E-state index contributed by atoms with van der Waals surface area (Å²) in [6.45, 7) is 3.28. The second-order valence-corrected chi connectivity index (χ2v) is 9.65. The van der Waals surface area contributed by atoms with Gasteiger partial charge in [0.2, 0.25) is 0 Å². The first-order valence-electron chi connectivity index (χ1n) is 7.96. The van der Waals surface area contributed by atoms with Gasteiger partial charge in [0.05, 0.1) is 11.9 Å². The number of nitrogens with zero attached hydrogens (tertiary/aromatic N) is 2. The second kappa shape index (κ2) is 9.36. The van der Waals surface area contributed by atoms with Crippen molar-refractivity contribution < 1.29 is 22.1 Å². The van der Waals surface area contributed by atoms with Crippen molar-refractivity contribution in [2.75, 3.05) is 6.26 Å². The van der Waals surface area contributed by atoms with Crippen molar-refractivity contribution in [1.82, 2.24) is 9.55 Å². The fraction of sp³-hybridized carbons (Fsp3) is 0.375. The third kappa shape index (κ3) is 6.56. The van der Waals surface area contributed by atoms with Crippen LogP contribution in [-0.4, -0.2) is 30.3 Å². The third-order valence-electron chi connectivity index (χ3n) is 3.36. The first-order chi connectivity index (χ1) is 13.0. The van der Waals surface area contributed by atoms with Gasteiger partial charge in [0.25, 0.3) is 10.1 Å². The molecule has 0 aliphatic heterocycles. The molecule has 2 rings (SSSR count). The predicted molar refractivity (Wildman–Crippen MR) is 107 cm³/mol. The number of imidazole rings is 1. The summed E-state index contributed by atoms with van der Waals surface area (Å²) in [5.74, 6) is 0.283. The van der Waals surface area contributed by atoms with Crippen molar-refractivity contribution in [2.24, 2.45) is 5.73 Å². The number of carbonyl (C=O) groups excluding carboxylic acids is 1. The number of primary amides is 1. The van der Waals surface area contributed by atoms with E-state index in [9.17, 15) is 13.2 Å². The number of rotatable bonds is 8. The summed E-state index contributed by atoms with van der Waals surface area (Å²) in [4.78, 5) is 16.2. The quantitative estimate of drug-likeness (QED) is 0.583. The van der Waals surface area contributed by atoms with Crippen molar-refractivity contribution in [3.05, 3.63) is 39.8 Å². The monoisotopic (exact) mass is 467 g/mol. The maximum absolute atomic E-state index is 11.5.